The van der Waals surface area contributed by atoms with Crippen LogP contribution in [0, 0.1) is 0 Å². The van der Waals surface area contributed by atoms with Crippen molar-refractivity contribution in [2.45, 2.75) is 150 Å². The van der Waals surface area contributed by atoms with Crippen molar-refractivity contribution in [1.82, 2.24) is 0 Å². The molecule has 3 nitrogen and oxygen atoms in total. The van der Waals surface area contributed by atoms with E-state index in [4.69, 9.17) is 13.6 Å². The van der Waals surface area contributed by atoms with E-state index in [1.54, 1.807) is 0 Å². The van der Waals surface area contributed by atoms with Crippen LogP contribution in [-0.4, -0.2) is 31.6 Å². The van der Waals surface area contributed by atoms with E-state index in [9.17, 15) is 0 Å². The first-order chi connectivity index (χ1) is 15.0. The van der Waals surface area contributed by atoms with Gasteiger partial charge in [0.15, 0.2) is 0 Å². The Morgan fingerprint density at radius 2 is 0.871 bits per heavy atom. The molecule has 0 radical (unpaired) electrons. The molecule has 0 aliphatic carbocycles. The van der Waals surface area contributed by atoms with Crippen LogP contribution in [0.4, 0.5) is 0 Å². The van der Waals surface area contributed by atoms with E-state index in [0.29, 0.717) is 0 Å². The van der Waals surface area contributed by atoms with Crippen LogP contribution < -0.4 is 0 Å². The SMILES string of the molecule is CCCCCOP(CCCC)(CCCC)(OCCCCC)OC(CCCC)CCCC. The van der Waals surface area contributed by atoms with Gasteiger partial charge in [0.2, 0.25) is 0 Å². The van der Waals surface area contributed by atoms with Gasteiger partial charge < -0.3 is 0 Å². The molecule has 0 spiro atoms. The molecule has 31 heavy (non-hydrogen) atoms. The Bertz CT molecular complexity index is 357. The van der Waals surface area contributed by atoms with Crippen LogP contribution in [-0.2, 0) is 13.6 Å². The second kappa shape index (κ2) is 19.7. The minimum atomic E-state index is -3.15. The van der Waals surface area contributed by atoms with E-state index in [-0.39, 0.29) is 6.10 Å². The molecule has 0 aliphatic rings. The van der Waals surface area contributed by atoms with E-state index in [0.717, 1.165) is 64.1 Å². The van der Waals surface area contributed by atoms with Crippen LogP contribution in [0.5, 0.6) is 0 Å². The molecule has 0 saturated heterocycles. The van der Waals surface area contributed by atoms with Gasteiger partial charge in [0, 0.05) is 0 Å². The van der Waals surface area contributed by atoms with Gasteiger partial charge in [-0.05, 0) is 0 Å². The quantitative estimate of drug-likeness (QED) is 0.105. The van der Waals surface area contributed by atoms with Crippen molar-refractivity contribution in [2.24, 2.45) is 0 Å². The standard InChI is InChI=1S/C27H59O3P/c1-7-13-19-23-28-31(25-17-11-5,26-18-12-6,29-24-20-14-8-2)30-27(21-15-9-3)22-16-10-4/h27H,7-26H2,1-6H3. The Labute approximate surface area is 196 Å². The summed E-state index contributed by atoms with van der Waals surface area (Å²) in [6, 6.07) is 0. The van der Waals surface area contributed by atoms with E-state index < -0.39 is 7.28 Å². The third-order valence-electron chi connectivity index (χ3n) is 6.29. The molecule has 0 aromatic carbocycles. The Morgan fingerprint density at radius 1 is 0.484 bits per heavy atom. The van der Waals surface area contributed by atoms with E-state index in [1.165, 1.54) is 64.2 Å². The molecule has 0 amide bonds. The Balaban J connectivity index is 5.92. The third kappa shape index (κ3) is 13.6. The molecule has 0 unspecified atom stereocenters. The molecule has 0 aromatic heterocycles. The average molecular weight is 463 g/mol. The van der Waals surface area contributed by atoms with Gasteiger partial charge in [-0.25, -0.2) is 0 Å². The summed E-state index contributed by atoms with van der Waals surface area (Å²) in [5.41, 5.74) is 0. The molecule has 0 atom stereocenters. The average Bonchev–Trinajstić information content (AvgIpc) is 2.79. The first-order valence-corrected chi connectivity index (χ1v) is 16.4. The van der Waals surface area contributed by atoms with Crippen molar-refractivity contribution in [3.63, 3.8) is 0 Å². The van der Waals surface area contributed by atoms with Crippen molar-refractivity contribution >= 4 is 7.28 Å². The van der Waals surface area contributed by atoms with Gasteiger partial charge in [-0.2, -0.15) is 0 Å². The van der Waals surface area contributed by atoms with Crippen LogP contribution in [0.15, 0.2) is 0 Å². The third-order valence-corrected chi connectivity index (χ3v) is 10.9. The summed E-state index contributed by atoms with van der Waals surface area (Å²) in [5, 5.41) is 0. The molecule has 190 valence electrons. The molecule has 0 saturated carbocycles. The van der Waals surface area contributed by atoms with Gasteiger partial charge in [-0.15, -0.1) is 0 Å². The van der Waals surface area contributed by atoms with Crippen molar-refractivity contribution in [2.75, 3.05) is 25.5 Å². The van der Waals surface area contributed by atoms with Gasteiger partial charge in [0.1, 0.15) is 0 Å². The summed E-state index contributed by atoms with van der Waals surface area (Å²) in [6.07, 6.45) is 21.1. The maximum absolute atomic E-state index is 7.28. The van der Waals surface area contributed by atoms with Crippen LogP contribution >= 0.6 is 7.28 Å². The van der Waals surface area contributed by atoms with Gasteiger partial charge >= 0.3 is 197 Å². The van der Waals surface area contributed by atoms with Gasteiger partial charge in [-0.3, -0.25) is 0 Å². The summed E-state index contributed by atoms with van der Waals surface area (Å²) < 4.78 is 21.2. The monoisotopic (exact) mass is 462 g/mol. The maximum atomic E-state index is 7.28. The molecular weight excluding hydrogens is 403 g/mol. The summed E-state index contributed by atoms with van der Waals surface area (Å²) >= 11 is 0. The molecule has 0 bridgehead atoms. The van der Waals surface area contributed by atoms with Crippen molar-refractivity contribution in [3.8, 4) is 0 Å². The first-order valence-electron chi connectivity index (χ1n) is 14.1. The number of unbranched alkanes of at least 4 members (excludes halogenated alkanes) is 8. The topological polar surface area (TPSA) is 27.7 Å². The zero-order valence-corrected chi connectivity index (χ0v) is 23.3. The van der Waals surface area contributed by atoms with E-state index in [2.05, 4.69) is 41.5 Å². The fourth-order valence-electron chi connectivity index (χ4n) is 4.19. The molecule has 0 heterocycles. The predicted molar refractivity (Wildman–Crippen MR) is 141 cm³/mol. The van der Waals surface area contributed by atoms with Gasteiger partial charge in [-0.1, -0.05) is 0 Å². The number of hydrogen-bond donors (Lipinski definition) is 0. The fraction of sp³-hybridized carbons (Fsp3) is 1.00. The molecule has 0 fully saturated rings. The Morgan fingerprint density at radius 3 is 1.23 bits per heavy atom. The zero-order chi connectivity index (χ0) is 23.3. The predicted octanol–water partition coefficient (Wildman–Crippen LogP) is 10.1. The Kier molecular flexibility index (Phi) is 19.9. The van der Waals surface area contributed by atoms with Crippen LogP contribution in [0.2, 0.25) is 0 Å². The molecule has 0 aromatic rings. The van der Waals surface area contributed by atoms with Crippen molar-refractivity contribution in [1.29, 1.82) is 0 Å². The molecule has 4 heteroatoms. The molecule has 0 N–H and O–H groups in total. The van der Waals surface area contributed by atoms with Crippen LogP contribution in [0.3, 0.4) is 0 Å². The van der Waals surface area contributed by atoms with Crippen molar-refractivity contribution in [3.05, 3.63) is 0 Å². The van der Waals surface area contributed by atoms with E-state index in [1.807, 2.05) is 0 Å². The normalized spacial score (nSPS) is 13.6. The number of hydrogen-bond acceptors (Lipinski definition) is 3. The van der Waals surface area contributed by atoms with Gasteiger partial charge in [0.25, 0.3) is 0 Å². The second-order valence-corrected chi connectivity index (χ2v) is 13.5. The minimum absolute atomic E-state index is 0.281. The summed E-state index contributed by atoms with van der Waals surface area (Å²) in [6.45, 7) is 15.2. The summed E-state index contributed by atoms with van der Waals surface area (Å²) in [4.78, 5) is 0. The fourth-order valence-corrected chi connectivity index (χ4v) is 9.14. The van der Waals surface area contributed by atoms with E-state index >= 15 is 0 Å². The van der Waals surface area contributed by atoms with Crippen molar-refractivity contribution < 1.29 is 13.6 Å². The van der Waals surface area contributed by atoms with Gasteiger partial charge in [0.05, 0.1) is 0 Å². The molecular formula is C27H59O3P. The zero-order valence-electron chi connectivity index (χ0n) is 22.4. The summed E-state index contributed by atoms with van der Waals surface area (Å²) in [5.74, 6) is 0. The summed E-state index contributed by atoms with van der Waals surface area (Å²) in [7, 11) is -3.15. The molecule has 0 aliphatic heterocycles. The number of rotatable bonds is 24. The molecule has 0 rings (SSSR count). The second-order valence-electron chi connectivity index (χ2n) is 9.47. The van der Waals surface area contributed by atoms with Crippen LogP contribution in [0.1, 0.15) is 144 Å². The van der Waals surface area contributed by atoms with Crippen LogP contribution in [0.25, 0.3) is 0 Å². The Hall–Kier alpha value is 0.310. The first kappa shape index (κ1) is 31.3.